The first kappa shape index (κ1) is 15.8. The van der Waals surface area contributed by atoms with Gasteiger partial charge in [-0.2, -0.15) is 0 Å². The zero-order valence-electron chi connectivity index (χ0n) is 13.0. The fourth-order valence-corrected chi connectivity index (χ4v) is 1.81. The molecule has 0 spiro atoms. The van der Waals surface area contributed by atoms with Crippen LogP contribution in [0.1, 0.15) is 32.0 Å². The van der Waals surface area contributed by atoms with Crippen LogP contribution in [0.4, 0.5) is 10.5 Å². The SMILES string of the molecule is CC(C)(C)OC(=O)Nc1cccnc1/C=C/c1ccccc1. The van der Waals surface area contributed by atoms with Crippen LogP contribution in [0.5, 0.6) is 0 Å². The normalized spacial score (nSPS) is 11.4. The van der Waals surface area contributed by atoms with Gasteiger partial charge in [-0.15, -0.1) is 0 Å². The summed E-state index contributed by atoms with van der Waals surface area (Å²) >= 11 is 0. The summed E-state index contributed by atoms with van der Waals surface area (Å²) in [5.41, 5.74) is 1.82. The van der Waals surface area contributed by atoms with Crippen LogP contribution in [-0.4, -0.2) is 16.7 Å². The third-order valence-electron chi connectivity index (χ3n) is 2.71. The molecule has 22 heavy (non-hydrogen) atoms. The summed E-state index contributed by atoms with van der Waals surface area (Å²) in [7, 11) is 0. The Kier molecular flexibility index (Phi) is 4.94. The molecule has 114 valence electrons. The van der Waals surface area contributed by atoms with Gasteiger partial charge in [0.2, 0.25) is 0 Å². The predicted octanol–water partition coefficient (Wildman–Crippen LogP) is 4.60. The summed E-state index contributed by atoms with van der Waals surface area (Å²) in [6.07, 6.45) is 5.00. The van der Waals surface area contributed by atoms with Crippen molar-refractivity contribution in [1.82, 2.24) is 4.98 Å². The zero-order chi connectivity index (χ0) is 16.0. The Labute approximate surface area is 130 Å². The smallest absolute Gasteiger partial charge is 0.412 e. The number of nitrogens with one attached hydrogen (secondary N) is 1. The molecule has 0 aliphatic rings. The summed E-state index contributed by atoms with van der Waals surface area (Å²) in [6, 6.07) is 13.5. The molecule has 1 aromatic heterocycles. The standard InChI is InChI=1S/C18H20N2O2/c1-18(2,3)22-17(21)20-16-10-7-13-19-15(16)12-11-14-8-5-4-6-9-14/h4-13H,1-3H3,(H,20,21)/b12-11+. The number of pyridine rings is 1. The number of ether oxygens (including phenoxy) is 1. The van der Waals surface area contributed by atoms with Gasteiger partial charge in [-0.25, -0.2) is 4.79 Å². The van der Waals surface area contributed by atoms with Crippen molar-refractivity contribution in [1.29, 1.82) is 0 Å². The minimum absolute atomic E-state index is 0.491. The summed E-state index contributed by atoms with van der Waals surface area (Å²) in [5.74, 6) is 0. The van der Waals surface area contributed by atoms with Gasteiger partial charge >= 0.3 is 6.09 Å². The van der Waals surface area contributed by atoms with E-state index in [0.717, 1.165) is 5.56 Å². The van der Waals surface area contributed by atoms with Crippen molar-refractivity contribution in [3.05, 3.63) is 59.9 Å². The van der Waals surface area contributed by atoms with E-state index >= 15 is 0 Å². The predicted molar refractivity (Wildman–Crippen MR) is 89.5 cm³/mol. The van der Waals surface area contributed by atoms with Crippen LogP contribution in [0.3, 0.4) is 0 Å². The van der Waals surface area contributed by atoms with Crippen molar-refractivity contribution < 1.29 is 9.53 Å². The highest BCUT2D eigenvalue weighted by atomic mass is 16.6. The van der Waals surface area contributed by atoms with Crippen LogP contribution in [0.2, 0.25) is 0 Å². The molecule has 4 heteroatoms. The van der Waals surface area contributed by atoms with Gasteiger partial charge in [-0.05, 0) is 44.5 Å². The van der Waals surface area contributed by atoms with Crippen LogP contribution in [-0.2, 0) is 4.74 Å². The third kappa shape index (κ3) is 5.05. The third-order valence-corrected chi connectivity index (χ3v) is 2.71. The monoisotopic (exact) mass is 296 g/mol. The molecule has 1 aromatic carbocycles. The zero-order valence-corrected chi connectivity index (χ0v) is 13.0. The van der Waals surface area contributed by atoms with E-state index in [2.05, 4.69) is 10.3 Å². The summed E-state index contributed by atoms with van der Waals surface area (Å²) in [6.45, 7) is 5.48. The second-order valence-corrected chi connectivity index (χ2v) is 5.81. The average Bonchev–Trinajstić information content (AvgIpc) is 2.45. The first-order valence-electron chi connectivity index (χ1n) is 7.12. The van der Waals surface area contributed by atoms with Gasteiger partial charge < -0.3 is 4.74 Å². The number of amides is 1. The van der Waals surface area contributed by atoms with E-state index < -0.39 is 11.7 Å². The fourth-order valence-electron chi connectivity index (χ4n) is 1.81. The number of hydrogen-bond acceptors (Lipinski definition) is 3. The quantitative estimate of drug-likeness (QED) is 0.900. The van der Waals surface area contributed by atoms with E-state index in [0.29, 0.717) is 11.4 Å². The van der Waals surface area contributed by atoms with E-state index in [9.17, 15) is 4.79 Å². The second-order valence-electron chi connectivity index (χ2n) is 5.81. The fraction of sp³-hybridized carbons (Fsp3) is 0.222. The van der Waals surface area contributed by atoms with Crippen LogP contribution < -0.4 is 5.32 Å². The molecule has 2 aromatic rings. The van der Waals surface area contributed by atoms with E-state index in [1.165, 1.54) is 0 Å². The lowest BCUT2D eigenvalue weighted by Crippen LogP contribution is -2.27. The number of aromatic nitrogens is 1. The average molecular weight is 296 g/mol. The van der Waals surface area contributed by atoms with Crippen molar-refractivity contribution >= 4 is 23.9 Å². The van der Waals surface area contributed by atoms with Crippen LogP contribution >= 0.6 is 0 Å². The summed E-state index contributed by atoms with van der Waals surface area (Å²) in [5, 5.41) is 2.73. The van der Waals surface area contributed by atoms with Crippen molar-refractivity contribution in [3.8, 4) is 0 Å². The van der Waals surface area contributed by atoms with Crippen LogP contribution in [0, 0.1) is 0 Å². The lowest BCUT2D eigenvalue weighted by atomic mass is 10.2. The molecule has 1 heterocycles. The minimum atomic E-state index is -0.535. The number of anilines is 1. The van der Waals surface area contributed by atoms with E-state index in [1.54, 1.807) is 18.3 Å². The van der Waals surface area contributed by atoms with Gasteiger partial charge in [0.1, 0.15) is 5.60 Å². The van der Waals surface area contributed by atoms with Gasteiger partial charge in [0, 0.05) is 6.20 Å². The first-order valence-corrected chi connectivity index (χ1v) is 7.12. The number of benzene rings is 1. The van der Waals surface area contributed by atoms with Gasteiger partial charge in [-0.3, -0.25) is 10.3 Å². The van der Waals surface area contributed by atoms with E-state index in [1.807, 2.05) is 63.3 Å². The highest BCUT2D eigenvalue weighted by Crippen LogP contribution is 2.17. The van der Waals surface area contributed by atoms with Crippen molar-refractivity contribution in [2.24, 2.45) is 0 Å². The minimum Gasteiger partial charge on any atom is -0.444 e. The van der Waals surface area contributed by atoms with Crippen LogP contribution in [0.25, 0.3) is 12.2 Å². The van der Waals surface area contributed by atoms with Gasteiger partial charge in [-0.1, -0.05) is 36.4 Å². The Hall–Kier alpha value is -2.62. The molecule has 0 aliphatic heterocycles. The Bertz CT molecular complexity index is 658. The lowest BCUT2D eigenvalue weighted by Gasteiger charge is -2.20. The second kappa shape index (κ2) is 6.89. The maximum absolute atomic E-state index is 11.9. The molecular formula is C18H20N2O2. The lowest BCUT2D eigenvalue weighted by molar-refractivity contribution is 0.0636. The molecular weight excluding hydrogens is 276 g/mol. The Balaban J connectivity index is 2.13. The molecule has 4 nitrogen and oxygen atoms in total. The topological polar surface area (TPSA) is 51.2 Å². The molecule has 0 fully saturated rings. The number of rotatable bonds is 3. The maximum Gasteiger partial charge on any atom is 0.412 e. The van der Waals surface area contributed by atoms with E-state index in [4.69, 9.17) is 4.74 Å². The first-order chi connectivity index (χ1) is 10.4. The van der Waals surface area contributed by atoms with Crippen LogP contribution in [0.15, 0.2) is 48.7 Å². The summed E-state index contributed by atoms with van der Waals surface area (Å²) < 4.78 is 5.26. The van der Waals surface area contributed by atoms with Gasteiger partial charge in [0.15, 0.2) is 0 Å². The summed E-state index contributed by atoms with van der Waals surface area (Å²) in [4.78, 5) is 16.2. The molecule has 0 saturated carbocycles. The van der Waals surface area contributed by atoms with E-state index in [-0.39, 0.29) is 0 Å². The largest absolute Gasteiger partial charge is 0.444 e. The highest BCUT2D eigenvalue weighted by molar-refractivity contribution is 5.88. The highest BCUT2D eigenvalue weighted by Gasteiger charge is 2.16. The number of carbonyl (C=O) groups excluding carboxylic acids is 1. The molecule has 1 amide bonds. The number of carbonyl (C=O) groups is 1. The Morgan fingerprint density at radius 1 is 1.09 bits per heavy atom. The number of hydrogen-bond donors (Lipinski definition) is 1. The molecule has 0 unspecified atom stereocenters. The van der Waals surface area contributed by atoms with Crippen molar-refractivity contribution in [2.45, 2.75) is 26.4 Å². The maximum atomic E-state index is 11.9. The molecule has 2 rings (SSSR count). The molecule has 0 atom stereocenters. The Morgan fingerprint density at radius 3 is 2.50 bits per heavy atom. The molecule has 1 N–H and O–H groups in total. The Morgan fingerprint density at radius 2 is 1.82 bits per heavy atom. The molecule has 0 aliphatic carbocycles. The number of nitrogens with zero attached hydrogens (tertiary/aromatic N) is 1. The molecule has 0 saturated heterocycles. The molecule has 0 bridgehead atoms. The van der Waals surface area contributed by atoms with Gasteiger partial charge in [0.25, 0.3) is 0 Å². The van der Waals surface area contributed by atoms with Gasteiger partial charge in [0.05, 0.1) is 11.4 Å². The van der Waals surface area contributed by atoms with Crippen molar-refractivity contribution in [2.75, 3.05) is 5.32 Å². The molecule has 0 radical (unpaired) electrons. The van der Waals surface area contributed by atoms with Crippen molar-refractivity contribution in [3.63, 3.8) is 0 Å².